The number of quaternary nitrogens is 2. The Morgan fingerprint density at radius 2 is 2.00 bits per heavy atom. The Morgan fingerprint density at radius 1 is 1.24 bits per heavy atom. The van der Waals surface area contributed by atoms with Crippen LogP contribution >= 0.6 is 0 Å². The number of rotatable bonds is 6. The number of nitrogens with two attached hydrogens (primary N) is 1. The van der Waals surface area contributed by atoms with Crippen molar-refractivity contribution in [2.24, 2.45) is 23.7 Å². The molecule has 0 amide bonds. The Bertz CT molecular complexity index is 573. The lowest BCUT2D eigenvalue weighted by molar-refractivity contribution is -0.860. The Hall–Kier alpha value is -1.06. The van der Waals surface area contributed by atoms with Crippen molar-refractivity contribution >= 4 is 0 Å². The first-order valence-electron chi connectivity index (χ1n) is 10.3. The van der Waals surface area contributed by atoms with Crippen molar-refractivity contribution in [1.29, 1.82) is 0 Å². The van der Waals surface area contributed by atoms with Crippen molar-refractivity contribution in [1.82, 2.24) is 0 Å². The third kappa shape index (κ3) is 4.03. The molecule has 0 bridgehead atoms. The van der Waals surface area contributed by atoms with Crippen LogP contribution in [0.2, 0.25) is 0 Å². The van der Waals surface area contributed by atoms with Crippen LogP contribution in [0.4, 0.5) is 0 Å². The maximum atomic E-state index is 6.57. The summed E-state index contributed by atoms with van der Waals surface area (Å²) in [7, 11) is 4.49. The van der Waals surface area contributed by atoms with Crippen molar-refractivity contribution in [3.8, 4) is 5.75 Å². The van der Waals surface area contributed by atoms with E-state index in [1.165, 1.54) is 44.5 Å². The highest BCUT2D eigenvalue weighted by Crippen LogP contribution is 2.50. The number of ether oxygens (including phenoxy) is 1. The van der Waals surface area contributed by atoms with Crippen LogP contribution in [0.1, 0.15) is 39.2 Å². The molecule has 25 heavy (non-hydrogen) atoms. The second-order valence-corrected chi connectivity index (χ2v) is 9.16. The average molecular weight is 347 g/mol. The number of para-hydroxylation sites is 1. The summed E-state index contributed by atoms with van der Waals surface area (Å²) in [6, 6.07) is 8.66. The van der Waals surface area contributed by atoms with Gasteiger partial charge in [0.1, 0.15) is 11.4 Å². The second-order valence-electron chi connectivity index (χ2n) is 9.16. The van der Waals surface area contributed by atoms with Gasteiger partial charge in [-0.15, -0.1) is 0 Å². The third-order valence-corrected chi connectivity index (χ3v) is 6.83. The molecule has 1 fully saturated rings. The Labute approximate surface area is 154 Å². The van der Waals surface area contributed by atoms with Crippen molar-refractivity contribution in [3.63, 3.8) is 0 Å². The zero-order chi connectivity index (χ0) is 18.0. The zero-order valence-electron chi connectivity index (χ0n) is 16.8. The molecule has 2 aliphatic rings. The average Bonchev–Trinajstić information content (AvgIpc) is 2.55. The topological polar surface area (TPSA) is 30.3 Å². The lowest BCUT2D eigenvalue weighted by Gasteiger charge is -2.53. The van der Waals surface area contributed by atoms with Crippen molar-refractivity contribution in [2.75, 3.05) is 33.7 Å². The molecule has 140 valence electrons. The maximum Gasteiger partial charge on any atom is 0.123 e. The molecule has 0 spiro atoms. The fourth-order valence-electron chi connectivity index (χ4n) is 5.45. The van der Waals surface area contributed by atoms with Gasteiger partial charge in [-0.3, -0.25) is 0 Å². The van der Waals surface area contributed by atoms with E-state index in [-0.39, 0.29) is 5.60 Å². The molecule has 3 N–H and O–H groups in total. The Morgan fingerprint density at radius 3 is 2.76 bits per heavy atom. The molecule has 1 aromatic rings. The molecule has 0 saturated heterocycles. The summed E-state index contributed by atoms with van der Waals surface area (Å²) in [5, 5.41) is 2.57. The Kier molecular flexibility index (Phi) is 5.75. The fourth-order valence-corrected chi connectivity index (χ4v) is 5.45. The van der Waals surface area contributed by atoms with Gasteiger partial charge in [-0.05, 0) is 43.2 Å². The van der Waals surface area contributed by atoms with Crippen LogP contribution in [0.5, 0.6) is 5.75 Å². The van der Waals surface area contributed by atoms with E-state index in [0.717, 1.165) is 23.5 Å². The minimum absolute atomic E-state index is 0.0119. The molecule has 1 aliphatic carbocycles. The highest BCUT2D eigenvalue weighted by molar-refractivity contribution is 5.37. The number of hydrogen-bond acceptors (Lipinski definition) is 1. The van der Waals surface area contributed by atoms with Crippen molar-refractivity contribution in [2.45, 2.75) is 45.6 Å². The van der Waals surface area contributed by atoms with Gasteiger partial charge in [0.15, 0.2) is 0 Å². The minimum Gasteiger partial charge on any atom is -0.487 e. The normalized spacial score (nSPS) is 34.3. The molecular formula is C22H38N2O+2. The molecule has 1 saturated carbocycles. The fraction of sp³-hybridized carbons (Fsp3) is 0.727. The molecule has 5 atom stereocenters. The second kappa shape index (κ2) is 7.67. The number of hydrogen-bond donors (Lipinski definition) is 2. The monoisotopic (exact) mass is 346 g/mol. The van der Waals surface area contributed by atoms with Gasteiger partial charge in [0.2, 0.25) is 0 Å². The van der Waals surface area contributed by atoms with E-state index in [1.54, 1.807) is 4.90 Å². The first-order chi connectivity index (χ1) is 11.9. The first-order valence-corrected chi connectivity index (χ1v) is 10.3. The van der Waals surface area contributed by atoms with E-state index >= 15 is 0 Å². The zero-order valence-corrected chi connectivity index (χ0v) is 16.8. The molecule has 1 aromatic carbocycles. The van der Waals surface area contributed by atoms with Crippen LogP contribution in [0.15, 0.2) is 24.3 Å². The largest absolute Gasteiger partial charge is 0.487 e. The third-order valence-electron chi connectivity index (χ3n) is 6.83. The minimum atomic E-state index is 0.0119. The van der Waals surface area contributed by atoms with E-state index in [9.17, 15) is 0 Å². The summed E-state index contributed by atoms with van der Waals surface area (Å²) in [5.41, 5.74) is 1.42. The van der Waals surface area contributed by atoms with Crippen molar-refractivity contribution < 1.29 is 15.0 Å². The number of fused-ring (bicyclic) bond motifs is 2. The van der Waals surface area contributed by atoms with Gasteiger partial charge in [-0.2, -0.15) is 0 Å². The molecule has 1 aliphatic heterocycles. The van der Waals surface area contributed by atoms with Gasteiger partial charge in [0.25, 0.3) is 0 Å². The summed E-state index contributed by atoms with van der Waals surface area (Å²) < 4.78 is 6.57. The first kappa shape index (κ1) is 18.7. The van der Waals surface area contributed by atoms with E-state index < -0.39 is 0 Å². The number of benzene rings is 1. The lowest BCUT2D eigenvalue weighted by Crippen LogP contribution is -3.06. The van der Waals surface area contributed by atoms with Crippen LogP contribution in [0.3, 0.4) is 0 Å². The van der Waals surface area contributed by atoms with Gasteiger partial charge in [-0.25, -0.2) is 0 Å². The van der Waals surface area contributed by atoms with E-state index in [0.29, 0.717) is 5.92 Å². The molecular weight excluding hydrogens is 308 g/mol. The van der Waals surface area contributed by atoms with Gasteiger partial charge in [0.05, 0.1) is 33.7 Å². The maximum absolute atomic E-state index is 6.57. The predicted molar refractivity (Wildman–Crippen MR) is 103 cm³/mol. The highest BCUT2D eigenvalue weighted by atomic mass is 16.5. The smallest absolute Gasteiger partial charge is 0.123 e. The summed E-state index contributed by atoms with van der Waals surface area (Å²) in [6.07, 6.45) is 3.69. The molecule has 0 unspecified atom stereocenters. The van der Waals surface area contributed by atoms with Gasteiger partial charge in [-0.1, -0.05) is 32.0 Å². The quantitative estimate of drug-likeness (QED) is 0.749. The summed E-state index contributed by atoms with van der Waals surface area (Å²) in [5.74, 6) is 4.02. The van der Waals surface area contributed by atoms with Gasteiger partial charge >= 0.3 is 0 Å². The van der Waals surface area contributed by atoms with Crippen LogP contribution in [-0.2, 0) is 6.42 Å². The van der Waals surface area contributed by atoms with Crippen LogP contribution < -0.4 is 15.0 Å². The molecule has 0 radical (unpaired) electrons. The molecule has 3 rings (SSSR count). The molecule has 3 nitrogen and oxygen atoms in total. The summed E-state index contributed by atoms with van der Waals surface area (Å²) in [4.78, 5) is 1.56. The van der Waals surface area contributed by atoms with Gasteiger partial charge in [0, 0.05) is 18.3 Å². The molecule has 3 heteroatoms. The summed E-state index contributed by atoms with van der Waals surface area (Å²) in [6.45, 7) is 11.1. The van der Waals surface area contributed by atoms with Crippen LogP contribution in [-0.4, -0.2) is 39.3 Å². The summed E-state index contributed by atoms with van der Waals surface area (Å²) >= 11 is 0. The molecule has 1 heterocycles. The van der Waals surface area contributed by atoms with E-state index in [1.807, 2.05) is 0 Å². The van der Waals surface area contributed by atoms with E-state index in [4.69, 9.17) is 4.74 Å². The lowest BCUT2D eigenvalue weighted by atomic mass is 9.59. The highest BCUT2D eigenvalue weighted by Gasteiger charge is 2.51. The standard InChI is InChI=1S/C22H36N2O/c1-16-14-22(3)20(13-18-9-6-7-10-21(18)25-22)17(2)19(16)15-23-11-8-12-24(4)5/h6-7,9-10,16-17,19-20,23H,8,11-15H2,1-5H3/p+2/t16-,17+,19+,20-,22-/m0/s1. The molecule has 0 aromatic heterocycles. The van der Waals surface area contributed by atoms with Crippen LogP contribution in [0, 0.1) is 23.7 Å². The van der Waals surface area contributed by atoms with Crippen LogP contribution in [0.25, 0.3) is 0 Å². The Balaban J connectivity index is 1.64. The SMILES string of the molecule is C[C@@H]1[C@H](C[NH2+]CCC[NH+](C)C)[C@@H](C)C[C@]2(C)Oc3ccccc3C[C@@H]12. The number of nitrogens with one attached hydrogen (secondary N) is 1. The van der Waals surface area contributed by atoms with E-state index in [2.05, 4.69) is 64.4 Å². The van der Waals surface area contributed by atoms with Gasteiger partial charge < -0.3 is 15.0 Å². The van der Waals surface area contributed by atoms with Crippen molar-refractivity contribution in [3.05, 3.63) is 29.8 Å². The predicted octanol–water partition coefficient (Wildman–Crippen LogP) is 1.39.